The van der Waals surface area contributed by atoms with E-state index in [4.69, 9.17) is 13.8 Å². The van der Waals surface area contributed by atoms with E-state index in [1.807, 2.05) is 33.3 Å². The molecule has 0 aromatic carbocycles. The maximum atomic E-state index is 13.6. The first-order valence-electron chi connectivity index (χ1n) is 38.2. The van der Waals surface area contributed by atoms with Crippen molar-refractivity contribution in [2.24, 2.45) is 0 Å². The Morgan fingerprint density at radius 2 is 0.685 bits per heavy atom. The number of allylic oxidation sites excluding steroid dienone is 11. The fourth-order valence-electron chi connectivity index (χ4n) is 11.2. The lowest BCUT2D eigenvalue weighted by molar-refractivity contribution is -0.870. The highest BCUT2D eigenvalue weighted by Crippen LogP contribution is 2.38. The van der Waals surface area contributed by atoms with Crippen molar-refractivity contribution in [1.82, 2.24) is 5.32 Å². The normalized spacial score (nSPS) is 13.8. The summed E-state index contributed by atoms with van der Waals surface area (Å²) in [6.45, 7) is 6.84. The highest BCUT2D eigenvalue weighted by Gasteiger charge is 2.27. The molecule has 0 radical (unpaired) electrons. The van der Waals surface area contributed by atoms with Crippen LogP contribution in [0.2, 0.25) is 0 Å². The van der Waals surface area contributed by atoms with Crippen molar-refractivity contribution in [3.63, 3.8) is 0 Å². The third-order valence-electron chi connectivity index (χ3n) is 17.1. The lowest BCUT2D eigenvalue weighted by Gasteiger charge is -2.30. The Balaban J connectivity index is 5.00. The van der Waals surface area contributed by atoms with Crippen molar-refractivity contribution in [1.29, 1.82) is 0 Å². The number of nitrogens with zero attached hydrogens (tertiary/aromatic N) is 1. The quantitative estimate of drug-likeness (QED) is 0.0212. The molecule has 520 valence electrons. The van der Waals surface area contributed by atoms with Crippen LogP contribution in [-0.2, 0) is 27.9 Å². The molecule has 1 amide bonds. The summed E-state index contributed by atoms with van der Waals surface area (Å²) in [6, 6.07) is -0.893. The van der Waals surface area contributed by atoms with Gasteiger partial charge in [-0.2, -0.15) is 0 Å². The summed E-state index contributed by atoms with van der Waals surface area (Å²) in [7, 11) is 1.19. The van der Waals surface area contributed by atoms with Gasteiger partial charge in [0, 0.05) is 12.8 Å². The number of ether oxygens (including phenoxy) is 1. The molecule has 3 unspecified atom stereocenters. The molecule has 1 N–H and O–H groups in total. The Bertz CT molecular complexity index is 1750. The maximum Gasteiger partial charge on any atom is 0.306 e. The number of phosphoric ester groups is 1. The number of likely N-dealkylation sites (N-methyl/N-ethyl adjacent to an activating group) is 1. The maximum absolute atomic E-state index is 13.6. The highest BCUT2D eigenvalue weighted by molar-refractivity contribution is 7.45. The van der Waals surface area contributed by atoms with E-state index in [0.29, 0.717) is 17.4 Å². The Labute approximate surface area is 553 Å². The Hall–Kier alpha value is -2.55. The molecule has 0 aromatic rings. The Kier molecular flexibility index (Phi) is 66.4. The first-order chi connectivity index (χ1) is 43.4. The minimum atomic E-state index is -4.71. The van der Waals surface area contributed by atoms with Crippen LogP contribution in [0.1, 0.15) is 367 Å². The van der Waals surface area contributed by atoms with Gasteiger partial charge < -0.3 is 28.5 Å². The predicted molar refractivity (Wildman–Crippen MR) is 385 cm³/mol. The van der Waals surface area contributed by atoms with Gasteiger partial charge in [-0.05, 0) is 102 Å². The zero-order chi connectivity index (χ0) is 64.9. The van der Waals surface area contributed by atoms with Crippen LogP contribution >= 0.6 is 7.82 Å². The monoisotopic (exact) mass is 1270 g/mol. The van der Waals surface area contributed by atoms with Crippen LogP contribution in [0.4, 0.5) is 0 Å². The number of phosphoric acid groups is 1. The number of quaternary nitrogens is 1. The van der Waals surface area contributed by atoms with E-state index in [1.165, 1.54) is 257 Å². The standard InChI is InChI=1S/C79H147N2O7P/c1-7-10-13-16-19-22-25-28-30-32-34-36-38-39-40-41-43-44-46-48-50-53-56-59-62-65-68-71-78(82)80-76(75-87-89(84,85)86-74-73-81(4,5)6)77(70-67-64-61-58-55-52-27-24-21-18-15-12-9-3)88-79(83)72-69-66-63-60-57-54-51-49-47-45-42-37-35-33-31-29-26-23-20-17-14-11-8-2/h19-20,22-23,28-31,35,37,67,70,76-77H,7-18,21,24-27,32-34,36,38-66,68-69,71-75H2,1-6H3,(H-,80,82,84,85)/b22-19-,23-20-,30-28-,31-29-,37-35-,70-67-. The third kappa shape index (κ3) is 69.6. The molecule has 0 rings (SSSR count). The van der Waals surface area contributed by atoms with Crippen molar-refractivity contribution in [2.75, 3.05) is 40.9 Å². The van der Waals surface area contributed by atoms with Crippen molar-refractivity contribution in [2.45, 2.75) is 380 Å². The number of nitrogens with one attached hydrogen (secondary N) is 1. The number of unbranched alkanes of at least 4 members (excludes halogenated alkanes) is 44. The number of carbonyl (C=O) groups excluding carboxylic acids is 2. The minimum Gasteiger partial charge on any atom is -0.756 e. The molecular formula is C79H147N2O7P. The number of carbonyl (C=O) groups is 2. The summed E-state index contributed by atoms with van der Waals surface area (Å²) in [4.78, 5) is 40.3. The van der Waals surface area contributed by atoms with Crippen molar-refractivity contribution in [3.05, 3.63) is 72.9 Å². The molecule has 0 aromatic heterocycles. The topological polar surface area (TPSA) is 114 Å². The van der Waals surface area contributed by atoms with Crippen molar-refractivity contribution < 1.29 is 37.3 Å². The summed E-state index contributed by atoms with van der Waals surface area (Å²) in [5.74, 6) is -0.531. The van der Waals surface area contributed by atoms with Gasteiger partial charge in [-0.3, -0.25) is 14.2 Å². The predicted octanol–water partition coefficient (Wildman–Crippen LogP) is 24.1. The van der Waals surface area contributed by atoms with E-state index >= 15 is 0 Å². The first kappa shape index (κ1) is 86.5. The summed E-state index contributed by atoms with van der Waals surface area (Å²) in [6.07, 6.45) is 90.3. The number of esters is 1. The fourth-order valence-corrected chi connectivity index (χ4v) is 11.9. The fraction of sp³-hybridized carbons (Fsp3) is 0.823. The van der Waals surface area contributed by atoms with Crippen LogP contribution in [0.3, 0.4) is 0 Å². The van der Waals surface area contributed by atoms with Gasteiger partial charge in [0.1, 0.15) is 19.3 Å². The van der Waals surface area contributed by atoms with Gasteiger partial charge in [0.05, 0.1) is 33.8 Å². The van der Waals surface area contributed by atoms with Gasteiger partial charge in [-0.25, -0.2) is 0 Å². The number of amides is 1. The van der Waals surface area contributed by atoms with Crippen molar-refractivity contribution >= 4 is 19.7 Å². The molecule has 9 nitrogen and oxygen atoms in total. The molecule has 89 heavy (non-hydrogen) atoms. The number of hydrogen-bond acceptors (Lipinski definition) is 7. The van der Waals surface area contributed by atoms with E-state index in [0.717, 1.165) is 77.0 Å². The van der Waals surface area contributed by atoms with Gasteiger partial charge in [-0.1, -0.05) is 325 Å². The summed E-state index contributed by atoms with van der Waals surface area (Å²) in [5, 5.41) is 3.05. The third-order valence-corrected chi connectivity index (χ3v) is 18.1. The Morgan fingerprint density at radius 1 is 0.393 bits per heavy atom. The molecule has 0 aliphatic rings. The molecule has 0 saturated carbocycles. The minimum absolute atomic E-state index is 0.0231. The van der Waals surface area contributed by atoms with Gasteiger partial charge in [0.25, 0.3) is 7.82 Å². The van der Waals surface area contributed by atoms with E-state index < -0.39 is 20.0 Å². The zero-order valence-corrected chi connectivity index (χ0v) is 60.5. The molecule has 3 atom stereocenters. The van der Waals surface area contributed by atoms with Crippen LogP contribution in [-0.4, -0.2) is 69.4 Å². The average Bonchev–Trinajstić information content (AvgIpc) is 3.57. The zero-order valence-electron chi connectivity index (χ0n) is 59.6. The summed E-state index contributed by atoms with van der Waals surface area (Å²) >= 11 is 0. The second kappa shape index (κ2) is 68.3. The first-order valence-corrected chi connectivity index (χ1v) is 39.7. The van der Waals surface area contributed by atoms with Gasteiger partial charge in [0.2, 0.25) is 5.91 Å². The summed E-state index contributed by atoms with van der Waals surface area (Å²) < 4.78 is 30.5. The highest BCUT2D eigenvalue weighted by atomic mass is 31.2. The largest absolute Gasteiger partial charge is 0.756 e. The average molecular weight is 1270 g/mol. The molecule has 0 spiro atoms. The van der Waals surface area contributed by atoms with Gasteiger partial charge >= 0.3 is 5.97 Å². The van der Waals surface area contributed by atoms with Crippen LogP contribution in [0, 0.1) is 0 Å². The SMILES string of the molecule is CCCCC/C=C\C/C=C\C/C=C\CCCCCCCCCCCCC(=O)OC(/C=C\CCCCCCCCCCCCC)C(COP(=O)([O-])OCC[N+](C)(C)C)NC(=O)CCCCCCCCCCCCCCCCCCC/C=C\C/C=C\CCCCC. The van der Waals surface area contributed by atoms with Crippen LogP contribution in [0.5, 0.6) is 0 Å². The lowest BCUT2D eigenvalue weighted by Crippen LogP contribution is -2.47. The number of hydrogen-bond donors (Lipinski definition) is 1. The molecule has 0 aliphatic carbocycles. The molecule has 0 fully saturated rings. The van der Waals surface area contributed by atoms with E-state index in [1.54, 1.807) is 0 Å². The van der Waals surface area contributed by atoms with Crippen LogP contribution in [0.25, 0.3) is 0 Å². The second-order valence-corrected chi connectivity index (χ2v) is 28.6. The molecule has 0 heterocycles. The van der Waals surface area contributed by atoms with E-state index in [-0.39, 0.29) is 31.5 Å². The summed E-state index contributed by atoms with van der Waals surface area (Å²) in [5.41, 5.74) is 0. The van der Waals surface area contributed by atoms with E-state index in [9.17, 15) is 19.0 Å². The smallest absolute Gasteiger partial charge is 0.306 e. The van der Waals surface area contributed by atoms with Crippen LogP contribution in [0.15, 0.2) is 72.9 Å². The van der Waals surface area contributed by atoms with Gasteiger partial charge in [-0.15, -0.1) is 0 Å². The molecule has 0 bridgehead atoms. The molecule has 0 saturated heterocycles. The van der Waals surface area contributed by atoms with Crippen LogP contribution < -0.4 is 10.2 Å². The second-order valence-electron chi connectivity index (χ2n) is 27.1. The van der Waals surface area contributed by atoms with E-state index in [2.05, 4.69) is 86.8 Å². The lowest BCUT2D eigenvalue weighted by atomic mass is 10.0. The van der Waals surface area contributed by atoms with Crippen molar-refractivity contribution in [3.8, 4) is 0 Å². The molecule has 10 heteroatoms. The Morgan fingerprint density at radius 3 is 1.04 bits per heavy atom. The molecular weight excluding hydrogens is 1120 g/mol. The number of rotatable bonds is 70. The van der Waals surface area contributed by atoms with Gasteiger partial charge in [0.15, 0.2) is 0 Å². The molecule has 0 aliphatic heterocycles.